The summed E-state index contributed by atoms with van der Waals surface area (Å²) in [6.45, 7) is 2.32. The molecule has 1 saturated heterocycles. The lowest BCUT2D eigenvalue weighted by Crippen LogP contribution is -2.37. The fourth-order valence-electron chi connectivity index (χ4n) is 3.89. The molecule has 0 spiro atoms. The molecule has 1 aromatic heterocycles. The summed E-state index contributed by atoms with van der Waals surface area (Å²) in [6.07, 6.45) is 4.99. The molecule has 4 rings (SSSR count). The Labute approximate surface area is 153 Å². The third-order valence-corrected chi connectivity index (χ3v) is 5.40. The van der Waals surface area contributed by atoms with Crippen LogP contribution in [0, 0.1) is 0 Å². The zero-order chi connectivity index (χ0) is 18.1. The number of benzene rings is 1. The Balaban J connectivity index is 1.54. The topological polar surface area (TPSA) is 58.6 Å². The summed E-state index contributed by atoms with van der Waals surface area (Å²) >= 11 is 0. The molecule has 0 N–H and O–H groups in total. The van der Waals surface area contributed by atoms with Crippen LogP contribution >= 0.6 is 0 Å². The number of carbonyl (C=O) groups excluding carboxylic acids is 1. The van der Waals surface area contributed by atoms with Crippen LogP contribution in [0.1, 0.15) is 46.3 Å². The zero-order valence-electron chi connectivity index (χ0n) is 15.3. The van der Waals surface area contributed by atoms with Crippen LogP contribution in [0.15, 0.2) is 30.5 Å². The van der Waals surface area contributed by atoms with E-state index in [1.807, 2.05) is 35.4 Å². The molecule has 2 aliphatic heterocycles. The zero-order valence-corrected chi connectivity index (χ0v) is 15.3. The second-order valence-electron chi connectivity index (χ2n) is 7.02. The lowest BCUT2D eigenvalue weighted by molar-refractivity contribution is 0.0729. The molecule has 136 valence electrons. The molecule has 6 heteroatoms. The first-order valence-corrected chi connectivity index (χ1v) is 9.14. The van der Waals surface area contributed by atoms with Crippen molar-refractivity contribution < 1.29 is 9.53 Å². The van der Waals surface area contributed by atoms with E-state index in [-0.39, 0.29) is 5.91 Å². The number of amides is 1. The van der Waals surface area contributed by atoms with E-state index in [0.29, 0.717) is 30.4 Å². The fourth-order valence-corrected chi connectivity index (χ4v) is 3.89. The van der Waals surface area contributed by atoms with Gasteiger partial charge >= 0.3 is 0 Å². The lowest BCUT2D eigenvalue weighted by Gasteiger charge is -2.29. The Morgan fingerprint density at radius 3 is 2.88 bits per heavy atom. The summed E-state index contributed by atoms with van der Waals surface area (Å²) in [5.41, 5.74) is 2.73. The molecule has 26 heavy (non-hydrogen) atoms. The second kappa shape index (κ2) is 7.03. The van der Waals surface area contributed by atoms with Crippen LogP contribution in [0.25, 0.3) is 0 Å². The lowest BCUT2D eigenvalue weighted by atomic mass is 10.0. The van der Waals surface area contributed by atoms with Crippen LogP contribution < -0.4 is 4.74 Å². The number of nitrogens with zero attached hydrogens (tertiary/aromatic N) is 4. The van der Waals surface area contributed by atoms with Crippen LogP contribution in [0.5, 0.6) is 5.75 Å². The fraction of sp³-hybridized carbons (Fsp3) is 0.450. The maximum Gasteiger partial charge on any atom is 0.257 e. The molecule has 3 heterocycles. The van der Waals surface area contributed by atoms with E-state index in [4.69, 9.17) is 9.72 Å². The maximum atomic E-state index is 12.9. The molecule has 2 aromatic rings. The standard InChI is InChI=1S/C20H24N4O2/c1-23-10-5-7-17(23)19-21-12-14-13-24(11-9-16(14)22-19)20(25)15-6-3-4-8-18(15)26-2/h3-4,6,8,12,17H,5,7,9-11,13H2,1-2H3. The number of fused-ring (bicyclic) bond motifs is 1. The third kappa shape index (κ3) is 3.05. The average molecular weight is 352 g/mol. The number of likely N-dealkylation sites (tertiary alicyclic amines) is 1. The number of hydrogen-bond donors (Lipinski definition) is 0. The Morgan fingerprint density at radius 2 is 2.12 bits per heavy atom. The molecule has 0 aliphatic carbocycles. The Morgan fingerprint density at radius 1 is 1.27 bits per heavy atom. The van der Waals surface area contributed by atoms with Crippen molar-refractivity contribution in [2.24, 2.45) is 0 Å². The van der Waals surface area contributed by atoms with Crippen LogP contribution in [-0.2, 0) is 13.0 Å². The van der Waals surface area contributed by atoms with Crippen molar-refractivity contribution in [2.75, 3.05) is 27.2 Å². The number of ether oxygens (including phenoxy) is 1. The van der Waals surface area contributed by atoms with Crippen molar-refractivity contribution in [3.63, 3.8) is 0 Å². The van der Waals surface area contributed by atoms with E-state index in [9.17, 15) is 4.79 Å². The van der Waals surface area contributed by atoms with E-state index in [1.165, 1.54) is 6.42 Å². The molecule has 0 saturated carbocycles. The van der Waals surface area contributed by atoms with Gasteiger partial charge in [0, 0.05) is 31.3 Å². The Hall–Kier alpha value is -2.47. The van der Waals surface area contributed by atoms with Crippen molar-refractivity contribution in [3.05, 3.63) is 53.1 Å². The van der Waals surface area contributed by atoms with Gasteiger partial charge < -0.3 is 9.64 Å². The second-order valence-corrected chi connectivity index (χ2v) is 7.02. The molecular weight excluding hydrogens is 328 g/mol. The molecule has 6 nitrogen and oxygen atoms in total. The minimum absolute atomic E-state index is 0.00676. The first-order valence-electron chi connectivity index (χ1n) is 9.14. The quantitative estimate of drug-likeness (QED) is 0.849. The SMILES string of the molecule is COc1ccccc1C(=O)N1CCc2nc(C3CCCN3C)ncc2C1. The molecule has 0 radical (unpaired) electrons. The van der Waals surface area contributed by atoms with Gasteiger partial charge in [0.15, 0.2) is 0 Å². The predicted molar refractivity (Wildman–Crippen MR) is 98.1 cm³/mol. The van der Waals surface area contributed by atoms with Gasteiger partial charge in [-0.3, -0.25) is 9.69 Å². The van der Waals surface area contributed by atoms with Crippen LogP contribution in [0.4, 0.5) is 0 Å². The molecule has 1 unspecified atom stereocenters. The number of hydrogen-bond acceptors (Lipinski definition) is 5. The molecule has 0 bridgehead atoms. The Bertz CT molecular complexity index is 823. The first-order chi connectivity index (χ1) is 12.7. The van der Waals surface area contributed by atoms with Crippen molar-refractivity contribution in [2.45, 2.75) is 31.8 Å². The van der Waals surface area contributed by atoms with Crippen molar-refractivity contribution in [1.82, 2.24) is 19.8 Å². The molecule has 1 atom stereocenters. The minimum Gasteiger partial charge on any atom is -0.496 e. The number of para-hydroxylation sites is 1. The highest BCUT2D eigenvalue weighted by Gasteiger charge is 2.28. The summed E-state index contributed by atoms with van der Waals surface area (Å²) in [7, 11) is 3.72. The molecule has 2 aliphatic rings. The van der Waals surface area contributed by atoms with E-state index >= 15 is 0 Å². The highest BCUT2D eigenvalue weighted by molar-refractivity contribution is 5.97. The normalized spacial score (nSPS) is 20.1. The number of aromatic nitrogens is 2. The molecular formula is C20H24N4O2. The van der Waals surface area contributed by atoms with Crippen LogP contribution in [-0.4, -0.2) is 52.9 Å². The van der Waals surface area contributed by atoms with E-state index < -0.39 is 0 Å². The Kier molecular flexibility index (Phi) is 4.59. The highest BCUT2D eigenvalue weighted by atomic mass is 16.5. The van der Waals surface area contributed by atoms with Crippen LogP contribution in [0.3, 0.4) is 0 Å². The average Bonchev–Trinajstić information content (AvgIpc) is 3.12. The molecule has 1 amide bonds. The van der Waals surface area contributed by atoms with Gasteiger partial charge in [-0.2, -0.15) is 0 Å². The van der Waals surface area contributed by atoms with Gasteiger partial charge in [0.1, 0.15) is 11.6 Å². The van der Waals surface area contributed by atoms with Crippen molar-refractivity contribution >= 4 is 5.91 Å². The summed E-state index contributed by atoms with van der Waals surface area (Å²) in [4.78, 5) is 26.5. The van der Waals surface area contributed by atoms with Gasteiger partial charge in [0.2, 0.25) is 0 Å². The number of carbonyl (C=O) groups is 1. The largest absolute Gasteiger partial charge is 0.496 e. The van der Waals surface area contributed by atoms with Gasteiger partial charge in [-0.15, -0.1) is 0 Å². The van der Waals surface area contributed by atoms with E-state index in [0.717, 1.165) is 36.5 Å². The number of methoxy groups -OCH3 is 1. The molecule has 1 fully saturated rings. The summed E-state index contributed by atoms with van der Waals surface area (Å²) < 4.78 is 5.33. The van der Waals surface area contributed by atoms with Gasteiger partial charge in [-0.1, -0.05) is 12.1 Å². The van der Waals surface area contributed by atoms with E-state index in [1.54, 1.807) is 7.11 Å². The molecule has 1 aromatic carbocycles. The van der Waals surface area contributed by atoms with Gasteiger partial charge in [-0.05, 0) is 38.6 Å². The summed E-state index contributed by atoms with van der Waals surface area (Å²) in [5.74, 6) is 1.53. The minimum atomic E-state index is -0.00676. The maximum absolute atomic E-state index is 12.9. The van der Waals surface area contributed by atoms with Gasteiger partial charge in [-0.25, -0.2) is 9.97 Å². The van der Waals surface area contributed by atoms with Gasteiger partial charge in [0.05, 0.1) is 24.4 Å². The van der Waals surface area contributed by atoms with Crippen molar-refractivity contribution in [3.8, 4) is 5.75 Å². The first kappa shape index (κ1) is 17.0. The summed E-state index contributed by atoms with van der Waals surface area (Å²) in [5, 5.41) is 0. The van der Waals surface area contributed by atoms with Gasteiger partial charge in [0.25, 0.3) is 5.91 Å². The predicted octanol–water partition coefficient (Wildman–Crippen LogP) is 2.45. The number of rotatable bonds is 3. The highest BCUT2D eigenvalue weighted by Crippen LogP contribution is 2.29. The van der Waals surface area contributed by atoms with Crippen LogP contribution in [0.2, 0.25) is 0 Å². The smallest absolute Gasteiger partial charge is 0.257 e. The van der Waals surface area contributed by atoms with E-state index in [2.05, 4.69) is 16.9 Å². The summed E-state index contributed by atoms with van der Waals surface area (Å²) in [6, 6.07) is 7.69. The van der Waals surface area contributed by atoms with Crippen molar-refractivity contribution in [1.29, 1.82) is 0 Å². The third-order valence-electron chi connectivity index (χ3n) is 5.40. The monoisotopic (exact) mass is 352 g/mol.